The number of hydrogen-bond donors (Lipinski definition) is 1. The number of amides is 2. The number of halogens is 1. The highest BCUT2D eigenvalue weighted by Crippen LogP contribution is 2.22. The maximum Gasteiger partial charge on any atom is 0.238 e. The van der Waals surface area contributed by atoms with Gasteiger partial charge in [-0.05, 0) is 49.9 Å². The first-order valence-electron chi connectivity index (χ1n) is 9.13. The van der Waals surface area contributed by atoms with E-state index >= 15 is 0 Å². The predicted octanol–water partition coefficient (Wildman–Crippen LogP) is 3.72. The van der Waals surface area contributed by atoms with Gasteiger partial charge in [0.15, 0.2) is 0 Å². The minimum absolute atomic E-state index is 0.00822. The summed E-state index contributed by atoms with van der Waals surface area (Å²) < 4.78 is 5.82. The van der Waals surface area contributed by atoms with E-state index in [1.807, 2.05) is 30.9 Å². The van der Waals surface area contributed by atoms with Gasteiger partial charge in [0.2, 0.25) is 11.8 Å². The topological polar surface area (TPSA) is 61.9 Å². The summed E-state index contributed by atoms with van der Waals surface area (Å²) in [6.07, 6.45) is 0. The predicted molar refractivity (Wildman–Crippen MR) is 114 cm³/mol. The monoisotopic (exact) mass is 423 g/mol. The van der Waals surface area contributed by atoms with Gasteiger partial charge in [0.1, 0.15) is 5.75 Å². The molecule has 0 aliphatic carbocycles. The summed E-state index contributed by atoms with van der Waals surface area (Å²) in [5.41, 5.74) is 0.693. The van der Waals surface area contributed by atoms with Crippen molar-refractivity contribution in [1.82, 2.24) is 9.80 Å². The number of thiophene rings is 1. The maximum absolute atomic E-state index is 12.7. The molecular weight excluding hydrogens is 398 g/mol. The Hall–Kier alpha value is -2.09. The van der Waals surface area contributed by atoms with Crippen molar-refractivity contribution in [3.63, 3.8) is 0 Å². The van der Waals surface area contributed by atoms with Gasteiger partial charge in [0.05, 0.1) is 31.1 Å². The number of nitrogens with zero attached hydrogens (tertiary/aromatic N) is 2. The smallest absolute Gasteiger partial charge is 0.238 e. The van der Waals surface area contributed by atoms with Crippen LogP contribution in [0.3, 0.4) is 0 Å². The van der Waals surface area contributed by atoms with Crippen molar-refractivity contribution >= 4 is 40.4 Å². The van der Waals surface area contributed by atoms with Gasteiger partial charge in [0, 0.05) is 17.1 Å². The summed E-state index contributed by atoms with van der Waals surface area (Å²) in [5.74, 6) is 0.560. The highest BCUT2D eigenvalue weighted by Gasteiger charge is 2.18. The molecule has 1 aromatic carbocycles. The number of benzene rings is 1. The molecule has 2 aromatic rings. The summed E-state index contributed by atoms with van der Waals surface area (Å²) in [7, 11) is 1.59. The molecule has 1 aromatic heterocycles. The van der Waals surface area contributed by atoms with Crippen LogP contribution in [0.25, 0.3) is 0 Å². The number of carbonyl (C=O) groups excluding carboxylic acids is 2. The number of ether oxygens (including phenoxy) is 1. The van der Waals surface area contributed by atoms with Crippen LogP contribution in [0.2, 0.25) is 4.34 Å². The van der Waals surface area contributed by atoms with Gasteiger partial charge in [-0.2, -0.15) is 0 Å². The van der Waals surface area contributed by atoms with Gasteiger partial charge in [-0.25, -0.2) is 0 Å². The summed E-state index contributed by atoms with van der Waals surface area (Å²) in [4.78, 5) is 29.6. The van der Waals surface area contributed by atoms with E-state index in [2.05, 4.69) is 5.32 Å². The number of likely N-dealkylation sites (N-methyl/N-ethyl adjacent to an activating group) is 2. The van der Waals surface area contributed by atoms with Gasteiger partial charge >= 0.3 is 0 Å². The normalized spacial score (nSPS) is 10.8. The lowest BCUT2D eigenvalue weighted by Gasteiger charge is -2.25. The molecule has 1 heterocycles. The summed E-state index contributed by atoms with van der Waals surface area (Å²) in [6.45, 7) is 5.95. The Bertz CT molecular complexity index is 779. The molecule has 152 valence electrons. The molecule has 0 aliphatic rings. The quantitative estimate of drug-likeness (QED) is 0.632. The van der Waals surface area contributed by atoms with Crippen molar-refractivity contribution in [1.29, 1.82) is 0 Å². The molecule has 6 nitrogen and oxygen atoms in total. The van der Waals surface area contributed by atoms with Crippen LogP contribution in [-0.4, -0.2) is 54.9 Å². The number of hydrogen-bond acceptors (Lipinski definition) is 5. The van der Waals surface area contributed by atoms with E-state index in [0.717, 1.165) is 10.6 Å². The molecule has 0 bridgehead atoms. The Labute approximate surface area is 175 Å². The molecule has 0 fully saturated rings. The average molecular weight is 424 g/mol. The van der Waals surface area contributed by atoms with Crippen LogP contribution >= 0.6 is 22.9 Å². The third-order valence-corrected chi connectivity index (χ3v) is 5.47. The summed E-state index contributed by atoms with van der Waals surface area (Å²) in [6, 6.07) is 10.9. The standard InChI is InChI=1S/C20H26ClN3O3S/c1-4-23(13-19(25)22-15-6-8-16(27-3)9-7-15)14-20(26)24(5-2)12-17-10-11-18(21)28-17/h6-11H,4-5,12-14H2,1-3H3,(H,22,25). The molecule has 28 heavy (non-hydrogen) atoms. The first kappa shape index (κ1) is 22.2. The first-order chi connectivity index (χ1) is 13.4. The molecular formula is C20H26ClN3O3S. The van der Waals surface area contributed by atoms with Crippen molar-refractivity contribution < 1.29 is 14.3 Å². The van der Waals surface area contributed by atoms with E-state index in [1.54, 1.807) is 36.3 Å². The molecule has 0 spiro atoms. The van der Waals surface area contributed by atoms with Crippen molar-refractivity contribution in [3.8, 4) is 5.75 Å². The third-order valence-electron chi connectivity index (χ3n) is 4.26. The molecule has 8 heteroatoms. The number of rotatable bonds is 10. The molecule has 2 amide bonds. The third kappa shape index (κ3) is 6.82. The van der Waals surface area contributed by atoms with Crippen molar-refractivity contribution in [2.45, 2.75) is 20.4 Å². The second kappa shape index (κ2) is 11.0. The van der Waals surface area contributed by atoms with E-state index in [9.17, 15) is 9.59 Å². The van der Waals surface area contributed by atoms with Crippen molar-refractivity contribution in [2.24, 2.45) is 0 Å². The van der Waals surface area contributed by atoms with Gasteiger partial charge < -0.3 is 15.0 Å². The Morgan fingerprint density at radius 3 is 2.32 bits per heavy atom. The largest absolute Gasteiger partial charge is 0.497 e. The van der Waals surface area contributed by atoms with E-state index in [-0.39, 0.29) is 24.9 Å². The second-order valence-corrected chi connectivity index (χ2v) is 7.99. The van der Waals surface area contributed by atoms with Gasteiger partial charge in [0.25, 0.3) is 0 Å². The lowest BCUT2D eigenvalue weighted by atomic mass is 10.3. The molecule has 0 saturated carbocycles. The van der Waals surface area contributed by atoms with Gasteiger partial charge in [-0.15, -0.1) is 11.3 Å². The first-order valence-corrected chi connectivity index (χ1v) is 10.3. The SMILES string of the molecule is CCN(CC(=O)Nc1ccc(OC)cc1)CC(=O)N(CC)Cc1ccc(Cl)s1. The number of carbonyl (C=O) groups is 2. The molecule has 0 atom stereocenters. The average Bonchev–Trinajstić information content (AvgIpc) is 3.10. The summed E-state index contributed by atoms with van der Waals surface area (Å²) in [5, 5.41) is 2.84. The maximum atomic E-state index is 12.7. The highest BCUT2D eigenvalue weighted by atomic mass is 35.5. The lowest BCUT2D eigenvalue weighted by molar-refractivity contribution is -0.133. The number of nitrogens with one attached hydrogen (secondary N) is 1. The Morgan fingerprint density at radius 1 is 1.07 bits per heavy atom. The van der Waals surface area contributed by atoms with Crippen LogP contribution in [0.15, 0.2) is 36.4 Å². The molecule has 0 saturated heterocycles. The lowest BCUT2D eigenvalue weighted by Crippen LogP contribution is -2.42. The van der Waals surface area contributed by atoms with Crippen molar-refractivity contribution in [3.05, 3.63) is 45.6 Å². The zero-order valence-corrected chi connectivity index (χ0v) is 18.0. The van der Waals surface area contributed by atoms with Gasteiger partial charge in [-0.1, -0.05) is 18.5 Å². The second-order valence-electron chi connectivity index (χ2n) is 6.19. The Morgan fingerprint density at radius 2 is 1.79 bits per heavy atom. The zero-order chi connectivity index (χ0) is 20.5. The van der Waals surface area contributed by atoms with E-state index in [1.165, 1.54) is 11.3 Å². The van der Waals surface area contributed by atoms with Crippen LogP contribution in [0.4, 0.5) is 5.69 Å². The molecule has 0 aliphatic heterocycles. The van der Waals surface area contributed by atoms with Crippen LogP contribution in [0.1, 0.15) is 18.7 Å². The number of methoxy groups -OCH3 is 1. The molecule has 1 N–H and O–H groups in total. The van der Waals surface area contributed by atoms with E-state index < -0.39 is 0 Å². The Balaban J connectivity index is 1.88. The minimum Gasteiger partial charge on any atom is -0.497 e. The van der Waals surface area contributed by atoms with E-state index in [4.69, 9.17) is 16.3 Å². The van der Waals surface area contributed by atoms with E-state index in [0.29, 0.717) is 29.7 Å². The number of anilines is 1. The zero-order valence-electron chi connectivity index (χ0n) is 16.4. The van der Waals surface area contributed by atoms with Crippen LogP contribution in [-0.2, 0) is 16.1 Å². The van der Waals surface area contributed by atoms with Crippen LogP contribution in [0, 0.1) is 0 Å². The molecule has 2 rings (SSSR count). The highest BCUT2D eigenvalue weighted by molar-refractivity contribution is 7.16. The Kier molecular flexibility index (Phi) is 8.76. The fourth-order valence-electron chi connectivity index (χ4n) is 2.65. The fourth-order valence-corrected chi connectivity index (χ4v) is 3.75. The fraction of sp³-hybridized carbons (Fsp3) is 0.400. The van der Waals surface area contributed by atoms with Crippen molar-refractivity contribution in [2.75, 3.05) is 38.6 Å². The summed E-state index contributed by atoms with van der Waals surface area (Å²) >= 11 is 7.44. The molecule has 0 unspecified atom stereocenters. The molecule has 0 radical (unpaired) electrons. The minimum atomic E-state index is -0.159. The van der Waals surface area contributed by atoms with Crippen LogP contribution in [0.5, 0.6) is 5.75 Å². The van der Waals surface area contributed by atoms with Gasteiger partial charge in [-0.3, -0.25) is 14.5 Å². The van der Waals surface area contributed by atoms with Crippen LogP contribution < -0.4 is 10.1 Å².